The quantitative estimate of drug-likeness (QED) is 0.374. The van der Waals surface area contributed by atoms with E-state index in [-0.39, 0.29) is 30.4 Å². The Morgan fingerprint density at radius 2 is 2.15 bits per heavy atom. The number of hydrogen-bond donors (Lipinski definition) is 3. The summed E-state index contributed by atoms with van der Waals surface area (Å²) in [6, 6.07) is 9.06. The van der Waals surface area contributed by atoms with Crippen molar-refractivity contribution in [3.05, 3.63) is 57.9 Å². The van der Waals surface area contributed by atoms with E-state index >= 15 is 0 Å². The fourth-order valence-corrected chi connectivity index (χ4v) is 6.63. The van der Waals surface area contributed by atoms with Crippen molar-refractivity contribution in [3.63, 3.8) is 0 Å². The van der Waals surface area contributed by atoms with E-state index in [0.29, 0.717) is 45.9 Å². The van der Waals surface area contributed by atoms with Crippen LogP contribution in [0.1, 0.15) is 38.7 Å². The van der Waals surface area contributed by atoms with Gasteiger partial charge >= 0.3 is 0 Å². The Morgan fingerprint density at radius 1 is 1.26 bits per heavy atom. The number of halogens is 1. The van der Waals surface area contributed by atoms with E-state index < -0.39 is 0 Å². The van der Waals surface area contributed by atoms with Crippen molar-refractivity contribution in [1.82, 2.24) is 25.2 Å². The number of carbonyl (C=O) groups excluding carboxylic acids is 2. The Labute approximate surface area is 204 Å². The van der Waals surface area contributed by atoms with Gasteiger partial charge < -0.3 is 20.3 Å². The minimum Gasteiger partial charge on any atom is -0.388 e. The van der Waals surface area contributed by atoms with Gasteiger partial charge in [0.2, 0.25) is 0 Å². The Balaban J connectivity index is 1.17. The molecule has 8 nitrogen and oxygen atoms in total. The van der Waals surface area contributed by atoms with Crippen LogP contribution in [0.15, 0.2) is 36.5 Å². The van der Waals surface area contributed by atoms with E-state index in [2.05, 4.69) is 20.3 Å². The number of para-hydroxylation sites is 1. The number of fused-ring (bicyclic) bond motifs is 3. The van der Waals surface area contributed by atoms with Crippen LogP contribution >= 0.6 is 22.9 Å². The predicted molar refractivity (Wildman–Crippen MR) is 130 cm³/mol. The number of pyridine rings is 1. The Kier molecular flexibility index (Phi) is 5.28. The number of nitrogens with zero attached hydrogens (tertiary/aromatic N) is 3. The molecule has 0 spiro atoms. The zero-order chi connectivity index (χ0) is 23.4. The summed E-state index contributed by atoms with van der Waals surface area (Å²) in [5.74, 6) is 0.882. The molecule has 1 saturated carbocycles. The van der Waals surface area contributed by atoms with E-state index in [1.54, 1.807) is 24.4 Å². The molecule has 4 aromatic rings. The normalized spacial score (nSPS) is 21.9. The average molecular weight is 496 g/mol. The first-order valence-corrected chi connectivity index (χ1v) is 12.4. The van der Waals surface area contributed by atoms with Crippen LogP contribution < -0.4 is 5.32 Å². The highest BCUT2D eigenvalue weighted by molar-refractivity contribution is 7.20. The van der Waals surface area contributed by atoms with E-state index in [4.69, 9.17) is 11.6 Å². The Morgan fingerprint density at radius 3 is 3.00 bits per heavy atom. The first-order valence-electron chi connectivity index (χ1n) is 11.2. The Bertz CT molecular complexity index is 1430. The largest absolute Gasteiger partial charge is 0.388 e. The van der Waals surface area contributed by atoms with Gasteiger partial charge in [0, 0.05) is 41.3 Å². The number of aliphatic hydroxyl groups is 1. The van der Waals surface area contributed by atoms with Crippen LogP contribution in [-0.2, 0) is 6.61 Å². The average Bonchev–Trinajstić information content (AvgIpc) is 3.60. The van der Waals surface area contributed by atoms with Gasteiger partial charge in [-0.1, -0.05) is 17.7 Å². The molecule has 3 N–H and O–H groups in total. The van der Waals surface area contributed by atoms with E-state index in [0.717, 1.165) is 28.4 Å². The molecule has 6 rings (SSSR count). The number of aliphatic hydroxyl groups excluding tert-OH is 1. The second-order valence-corrected chi connectivity index (χ2v) is 10.5. The highest BCUT2D eigenvalue weighted by Gasteiger charge is 2.45. The van der Waals surface area contributed by atoms with Crippen LogP contribution in [0.2, 0.25) is 5.15 Å². The number of nitrogens with one attached hydrogen (secondary N) is 2. The van der Waals surface area contributed by atoms with Crippen LogP contribution in [0.4, 0.5) is 0 Å². The summed E-state index contributed by atoms with van der Waals surface area (Å²) in [6.07, 6.45) is 3.57. The molecule has 2 amide bonds. The summed E-state index contributed by atoms with van der Waals surface area (Å²) in [7, 11) is 0. The molecular weight excluding hydrogens is 474 g/mol. The van der Waals surface area contributed by atoms with Gasteiger partial charge in [-0.25, -0.2) is 9.97 Å². The molecule has 34 heavy (non-hydrogen) atoms. The minimum atomic E-state index is -0.213. The monoisotopic (exact) mass is 495 g/mol. The number of aromatic nitrogens is 3. The molecule has 3 aromatic heterocycles. The van der Waals surface area contributed by atoms with Crippen LogP contribution in [-0.4, -0.2) is 55.9 Å². The van der Waals surface area contributed by atoms with Crippen molar-refractivity contribution in [2.45, 2.75) is 25.5 Å². The van der Waals surface area contributed by atoms with E-state index in [9.17, 15) is 14.7 Å². The lowest BCUT2D eigenvalue weighted by atomic mass is 9.97. The molecule has 0 bridgehead atoms. The third kappa shape index (κ3) is 3.64. The number of benzene rings is 1. The summed E-state index contributed by atoms with van der Waals surface area (Å²) < 4.78 is 0.949. The van der Waals surface area contributed by atoms with Gasteiger partial charge in [0.05, 0.1) is 16.0 Å². The lowest BCUT2D eigenvalue weighted by molar-refractivity contribution is 0.0782. The maximum atomic E-state index is 13.2. The molecule has 4 heterocycles. The highest BCUT2D eigenvalue weighted by Crippen LogP contribution is 2.39. The van der Waals surface area contributed by atoms with Crippen LogP contribution in [0.5, 0.6) is 0 Å². The fourth-order valence-electron chi connectivity index (χ4n) is 5.37. The molecule has 1 aromatic carbocycles. The lowest BCUT2D eigenvalue weighted by Gasteiger charge is -2.21. The van der Waals surface area contributed by atoms with Crippen LogP contribution in [0.25, 0.3) is 21.1 Å². The van der Waals surface area contributed by atoms with E-state index in [1.165, 1.54) is 11.3 Å². The van der Waals surface area contributed by atoms with Crippen molar-refractivity contribution >= 4 is 55.9 Å². The number of thiophene rings is 1. The molecular formula is C24H22ClN5O3S. The third-order valence-corrected chi connectivity index (χ3v) is 8.29. The number of hydrogen-bond acceptors (Lipinski definition) is 6. The zero-order valence-electron chi connectivity index (χ0n) is 18.1. The molecule has 10 heteroatoms. The molecule has 1 saturated heterocycles. The fraction of sp³-hybridized carbons (Fsp3) is 0.333. The topological polar surface area (TPSA) is 111 Å². The molecule has 3 atom stereocenters. The molecule has 1 aliphatic heterocycles. The second kappa shape index (κ2) is 8.33. The van der Waals surface area contributed by atoms with E-state index in [1.807, 2.05) is 17.0 Å². The SMILES string of the molecule is O=C(NC1CCC2CN(C(=O)c3cc4cnc(Cl)cc4s3)CC21)c1cccc2[nH]c(CO)nc12. The van der Waals surface area contributed by atoms with Crippen LogP contribution in [0.3, 0.4) is 0 Å². The number of carbonyl (C=O) groups is 2. The van der Waals surface area contributed by atoms with Gasteiger partial charge in [-0.05, 0) is 43.0 Å². The highest BCUT2D eigenvalue weighted by atomic mass is 35.5. The van der Waals surface area contributed by atoms with Crippen molar-refractivity contribution < 1.29 is 14.7 Å². The number of aromatic amines is 1. The van der Waals surface area contributed by atoms with Crippen molar-refractivity contribution in [2.75, 3.05) is 13.1 Å². The molecule has 2 fully saturated rings. The van der Waals surface area contributed by atoms with Gasteiger partial charge in [-0.3, -0.25) is 9.59 Å². The Hall–Kier alpha value is -3.01. The predicted octanol–water partition coefficient (Wildman–Crippen LogP) is 3.60. The van der Waals surface area contributed by atoms with Crippen LogP contribution in [0, 0.1) is 11.8 Å². The maximum absolute atomic E-state index is 13.2. The summed E-state index contributed by atoms with van der Waals surface area (Å²) in [5, 5.41) is 13.9. The number of H-pyrrole nitrogens is 1. The standard InChI is InChI=1S/C24H22ClN5O3S/c25-20-7-18-13(8-26-20)6-19(34-18)24(33)30-9-12-4-5-16(15(12)10-30)28-23(32)14-2-1-3-17-22(14)29-21(11-31)27-17/h1-3,6-8,12,15-16,31H,4-5,9-11H2,(H,27,29)(H,28,32). The van der Waals surface area contributed by atoms with Gasteiger partial charge in [-0.2, -0.15) is 0 Å². The molecule has 0 radical (unpaired) electrons. The molecule has 1 aliphatic carbocycles. The van der Waals surface area contributed by atoms with Crippen molar-refractivity contribution in [3.8, 4) is 0 Å². The first kappa shape index (κ1) is 21.5. The van der Waals surface area contributed by atoms with Gasteiger partial charge in [0.15, 0.2) is 0 Å². The summed E-state index contributed by atoms with van der Waals surface area (Å²) in [5.41, 5.74) is 1.76. The summed E-state index contributed by atoms with van der Waals surface area (Å²) in [6.45, 7) is 1.12. The molecule has 3 unspecified atom stereocenters. The molecule has 2 aliphatic rings. The van der Waals surface area contributed by atoms with Crippen molar-refractivity contribution in [1.29, 1.82) is 0 Å². The second-order valence-electron chi connectivity index (χ2n) is 8.99. The number of amides is 2. The minimum absolute atomic E-state index is 0.00669. The third-order valence-electron chi connectivity index (χ3n) is 7.00. The van der Waals surface area contributed by atoms with Gasteiger partial charge in [0.25, 0.3) is 11.8 Å². The number of likely N-dealkylation sites (tertiary alicyclic amines) is 1. The van der Waals surface area contributed by atoms with Gasteiger partial charge in [-0.15, -0.1) is 11.3 Å². The summed E-state index contributed by atoms with van der Waals surface area (Å²) >= 11 is 7.43. The zero-order valence-corrected chi connectivity index (χ0v) is 19.7. The smallest absolute Gasteiger partial charge is 0.263 e. The molecule has 174 valence electrons. The maximum Gasteiger partial charge on any atom is 0.263 e. The first-order chi connectivity index (χ1) is 16.5. The number of imidazole rings is 1. The number of rotatable bonds is 4. The summed E-state index contributed by atoms with van der Waals surface area (Å²) in [4.78, 5) is 40.4. The van der Waals surface area contributed by atoms with Gasteiger partial charge in [0.1, 0.15) is 23.1 Å². The van der Waals surface area contributed by atoms with Crippen molar-refractivity contribution in [2.24, 2.45) is 11.8 Å². The lowest BCUT2D eigenvalue weighted by Crippen LogP contribution is -2.40.